The minimum Gasteiger partial charge on any atom is -0.325 e. The smallest absolute Gasteiger partial charge is 0.325 e. The molecule has 2 unspecified atom stereocenters. The molecule has 0 aliphatic carbocycles. The van der Waals surface area contributed by atoms with Gasteiger partial charge in [-0.15, -0.1) is 0 Å². The molecule has 0 saturated carbocycles. The molecule has 2 aliphatic rings. The number of nitrogens with one attached hydrogen (secondary N) is 1. The summed E-state index contributed by atoms with van der Waals surface area (Å²) >= 11 is 1.77. The SMILES string of the molecule is CC(C)(C)c1ccc([C@H]2c3sc(=O)n(CC(=O)Nc4ccc(S(N)(=O)=O)cc4)c3SC3C(=O)N(c4cccc(C(F)(F)F)c4)C(=O)C32)cc1. The van der Waals surface area contributed by atoms with E-state index in [-0.39, 0.29) is 21.7 Å². The summed E-state index contributed by atoms with van der Waals surface area (Å²) in [6, 6.07) is 16.6. The number of hydrogen-bond donors (Lipinski definition) is 2. The Hall–Kier alpha value is -4.25. The summed E-state index contributed by atoms with van der Waals surface area (Å²) in [6.07, 6.45) is -4.70. The van der Waals surface area contributed by atoms with E-state index in [1.165, 1.54) is 34.9 Å². The van der Waals surface area contributed by atoms with Crippen molar-refractivity contribution in [2.75, 3.05) is 10.2 Å². The van der Waals surface area contributed by atoms with Gasteiger partial charge in [-0.25, -0.2) is 18.5 Å². The molecule has 49 heavy (non-hydrogen) atoms. The van der Waals surface area contributed by atoms with Crippen LogP contribution >= 0.6 is 23.1 Å². The highest BCUT2D eigenvalue weighted by molar-refractivity contribution is 8.00. The molecule has 3 aromatic carbocycles. The van der Waals surface area contributed by atoms with Crippen molar-refractivity contribution in [3.63, 3.8) is 0 Å². The number of thioether (sulfide) groups is 1. The van der Waals surface area contributed by atoms with Gasteiger partial charge in [0.2, 0.25) is 27.7 Å². The number of hydrogen-bond acceptors (Lipinski definition) is 8. The van der Waals surface area contributed by atoms with E-state index in [1.54, 1.807) is 0 Å². The quantitative estimate of drug-likeness (QED) is 0.256. The number of alkyl halides is 3. The van der Waals surface area contributed by atoms with Gasteiger partial charge in [0.1, 0.15) is 11.8 Å². The van der Waals surface area contributed by atoms with Gasteiger partial charge < -0.3 is 5.32 Å². The average molecular weight is 731 g/mol. The number of anilines is 2. The number of rotatable bonds is 6. The molecule has 3 amide bonds. The fraction of sp³-hybridized carbons (Fsp3) is 0.273. The number of nitrogens with zero attached hydrogens (tertiary/aromatic N) is 2. The van der Waals surface area contributed by atoms with Crippen LogP contribution in [-0.2, 0) is 42.5 Å². The van der Waals surface area contributed by atoms with Gasteiger partial charge in [0, 0.05) is 16.5 Å². The first-order valence-corrected chi connectivity index (χ1v) is 18.1. The van der Waals surface area contributed by atoms with Crippen LogP contribution < -0.4 is 20.2 Å². The molecule has 16 heteroatoms. The molecule has 0 spiro atoms. The molecule has 1 saturated heterocycles. The highest BCUT2D eigenvalue weighted by Crippen LogP contribution is 2.54. The molecule has 10 nitrogen and oxygen atoms in total. The average Bonchev–Trinajstić information content (AvgIpc) is 3.46. The molecule has 3 N–H and O–H groups in total. The summed E-state index contributed by atoms with van der Waals surface area (Å²) < 4.78 is 65.1. The zero-order valence-electron chi connectivity index (χ0n) is 26.1. The first-order chi connectivity index (χ1) is 22.8. The fourth-order valence-electron chi connectivity index (χ4n) is 5.95. The van der Waals surface area contributed by atoms with Gasteiger partial charge in [-0.05, 0) is 59.0 Å². The van der Waals surface area contributed by atoms with E-state index in [0.717, 1.165) is 51.8 Å². The first kappa shape index (κ1) is 34.6. The summed E-state index contributed by atoms with van der Waals surface area (Å²) in [4.78, 5) is 55.2. The second-order valence-electron chi connectivity index (χ2n) is 12.7. The third kappa shape index (κ3) is 6.57. The van der Waals surface area contributed by atoms with Gasteiger partial charge in [-0.2, -0.15) is 13.2 Å². The lowest BCUT2D eigenvalue weighted by atomic mass is 9.81. The molecular formula is C33H29F3N4O6S3. The zero-order chi connectivity index (χ0) is 35.6. The summed E-state index contributed by atoms with van der Waals surface area (Å²) in [7, 11) is -3.95. The van der Waals surface area contributed by atoms with Crippen molar-refractivity contribution in [3.8, 4) is 0 Å². The number of carbonyl (C=O) groups is 3. The fourth-order valence-corrected chi connectivity index (χ4v) is 9.24. The zero-order valence-corrected chi connectivity index (χ0v) is 28.6. The van der Waals surface area contributed by atoms with Gasteiger partial charge in [0.25, 0.3) is 0 Å². The lowest BCUT2D eigenvalue weighted by Crippen LogP contribution is -2.33. The Bertz CT molecular complexity index is 2160. The van der Waals surface area contributed by atoms with E-state index in [4.69, 9.17) is 5.14 Å². The third-order valence-corrected chi connectivity index (χ3v) is 11.9. The number of benzene rings is 3. The molecule has 3 atom stereocenters. The maximum Gasteiger partial charge on any atom is 0.416 e. The van der Waals surface area contributed by atoms with Crippen molar-refractivity contribution in [1.29, 1.82) is 0 Å². The van der Waals surface area contributed by atoms with Crippen LogP contribution in [0.25, 0.3) is 0 Å². The van der Waals surface area contributed by atoms with Crippen molar-refractivity contribution in [2.45, 2.75) is 60.0 Å². The number of halogens is 3. The van der Waals surface area contributed by atoms with Crippen LogP contribution in [0.15, 0.2) is 87.5 Å². The Morgan fingerprint density at radius 1 is 0.918 bits per heavy atom. The van der Waals surface area contributed by atoms with E-state index in [0.29, 0.717) is 15.5 Å². The van der Waals surface area contributed by atoms with Gasteiger partial charge in [-0.3, -0.25) is 23.7 Å². The van der Waals surface area contributed by atoms with Crippen LogP contribution in [0.5, 0.6) is 0 Å². The van der Waals surface area contributed by atoms with Crippen LogP contribution in [-0.4, -0.2) is 36.0 Å². The number of fused-ring (bicyclic) bond motifs is 2. The number of carbonyl (C=O) groups excluding carboxylic acids is 3. The predicted molar refractivity (Wildman–Crippen MR) is 179 cm³/mol. The molecule has 0 bridgehead atoms. The Morgan fingerprint density at radius 2 is 1.57 bits per heavy atom. The van der Waals surface area contributed by atoms with Crippen LogP contribution in [0, 0.1) is 5.92 Å². The molecule has 4 aromatic rings. The van der Waals surface area contributed by atoms with Gasteiger partial charge in [-0.1, -0.05) is 74.2 Å². The highest BCUT2D eigenvalue weighted by atomic mass is 32.2. The maximum atomic E-state index is 14.1. The molecule has 0 radical (unpaired) electrons. The lowest BCUT2D eigenvalue weighted by Gasteiger charge is -2.31. The standard InChI is InChI=1S/C33H29F3N4O6S3/c1-32(2,3)18-9-7-17(8-10-18)24-25-26(29(43)40(28(25)42)21-6-4-5-19(15-21)33(34,35)36)47-30-27(24)48-31(44)39(30)16-23(41)38-20-11-13-22(14-12-20)49(37,45)46/h4-15,24-26H,16H2,1-3H3,(H,38,41)(H2,37,45,46)/t24-,25?,26?/m1/s1. The Balaban J connectivity index is 1.39. The Labute approximate surface area is 287 Å². The summed E-state index contributed by atoms with van der Waals surface area (Å²) in [5.41, 5.74) is 0.443. The Morgan fingerprint density at radius 3 is 2.16 bits per heavy atom. The topological polar surface area (TPSA) is 149 Å². The lowest BCUT2D eigenvalue weighted by molar-refractivity contribution is -0.137. The van der Waals surface area contributed by atoms with E-state index in [1.807, 2.05) is 45.0 Å². The van der Waals surface area contributed by atoms with Crippen LogP contribution in [0.3, 0.4) is 0 Å². The maximum absolute atomic E-state index is 14.1. The second-order valence-corrected chi connectivity index (χ2v) is 16.4. The van der Waals surface area contributed by atoms with Gasteiger partial charge >= 0.3 is 11.0 Å². The van der Waals surface area contributed by atoms with Crippen molar-refractivity contribution < 1.29 is 36.0 Å². The van der Waals surface area contributed by atoms with Gasteiger partial charge in [0.05, 0.1) is 27.1 Å². The molecule has 1 aromatic heterocycles. The van der Waals surface area contributed by atoms with E-state index >= 15 is 0 Å². The van der Waals surface area contributed by atoms with Crippen molar-refractivity contribution in [3.05, 3.63) is 104 Å². The number of sulfonamides is 1. The number of amides is 3. The van der Waals surface area contributed by atoms with E-state index < -0.39 is 68.0 Å². The number of nitrogens with two attached hydrogens (primary N) is 1. The summed E-state index contributed by atoms with van der Waals surface area (Å²) in [6.45, 7) is 5.63. The van der Waals surface area contributed by atoms with Gasteiger partial charge in [0.15, 0.2) is 0 Å². The van der Waals surface area contributed by atoms with Crippen LogP contribution in [0.2, 0.25) is 0 Å². The largest absolute Gasteiger partial charge is 0.416 e. The Kier molecular flexibility index (Phi) is 8.66. The van der Waals surface area contributed by atoms with E-state index in [2.05, 4.69) is 5.32 Å². The molecule has 1 fully saturated rings. The number of imide groups is 1. The first-order valence-electron chi connectivity index (χ1n) is 14.8. The third-order valence-electron chi connectivity index (χ3n) is 8.39. The minimum absolute atomic E-state index is 0.156. The molecule has 6 rings (SSSR count). The minimum atomic E-state index is -4.70. The van der Waals surface area contributed by atoms with Crippen LogP contribution in [0.4, 0.5) is 24.5 Å². The van der Waals surface area contributed by atoms with Crippen LogP contribution in [0.1, 0.15) is 48.3 Å². The van der Waals surface area contributed by atoms with E-state index in [9.17, 15) is 40.8 Å². The molecule has 256 valence electrons. The van der Waals surface area contributed by atoms with Crippen molar-refractivity contribution >= 4 is 62.2 Å². The number of thiazole rings is 1. The van der Waals surface area contributed by atoms with Crippen molar-refractivity contribution in [2.24, 2.45) is 11.1 Å². The molecular weight excluding hydrogens is 702 g/mol. The molecule has 2 aliphatic heterocycles. The summed E-state index contributed by atoms with van der Waals surface area (Å²) in [5, 5.41) is 6.93. The van der Waals surface area contributed by atoms with Crippen molar-refractivity contribution in [1.82, 2.24) is 4.57 Å². The monoisotopic (exact) mass is 730 g/mol. The second kappa shape index (κ2) is 12.3. The predicted octanol–water partition coefficient (Wildman–Crippen LogP) is 5.31. The normalized spacial score (nSPS) is 19.5. The summed E-state index contributed by atoms with van der Waals surface area (Å²) in [5.74, 6) is -3.90. The number of aromatic nitrogens is 1. The highest BCUT2D eigenvalue weighted by Gasteiger charge is 2.57. The number of primary sulfonamides is 1. The molecule has 3 heterocycles.